The summed E-state index contributed by atoms with van der Waals surface area (Å²) < 4.78 is 0. The van der Waals surface area contributed by atoms with Crippen LogP contribution in [-0.4, -0.2) is 18.4 Å². The van der Waals surface area contributed by atoms with E-state index in [4.69, 9.17) is 0 Å². The number of hydrogen-bond donors (Lipinski definition) is 0. The van der Waals surface area contributed by atoms with Crippen molar-refractivity contribution in [2.75, 3.05) is 11.4 Å². The number of carboxylic acids is 1. The number of amides is 1. The molecule has 0 spiro atoms. The number of hydrogen-bond acceptors (Lipinski definition) is 3. The van der Waals surface area contributed by atoms with Gasteiger partial charge in [0.1, 0.15) is 0 Å². The van der Waals surface area contributed by atoms with Crippen LogP contribution in [0.25, 0.3) is 0 Å². The first-order valence-corrected chi connectivity index (χ1v) is 6.64. The predicted octanol–water partition coefficient (Wildman–Crippen LogP) is 1.30. The first-order valence-electron chi connectivity index (χ1n) is 6.64. The number of aliphatic carboxylic acids is 1. The summed E-state index contributed by atoms with van der Waals surface area (Å²) in [5.74, 6) is -1.50. The van der Waals surface area contributed by atoms with Crippen LogP contribution in [0.15, 0.2) is 24.3 Å². The normalized spacial score (nSPS) is 20.6. The summed E-state index contributed by atoms with van der Waals surface area (Å²) in [6, 6.07) is 7.78. The molecule has 102 valence electrons. The molecule has 0 aliphatic carbocycles. The molecule has 1 aromatic rings. The molecular formula is C15H18NO3-. The lowest BCUT2D eigenvalue weighted by molar-refractivity contribution is -0.310. The van der Waals surface area contributed by atoms with E-state index < -0.39 is 11.9 Å². The van der Waals surface area contributed by atoms with E-state index in [-0.39, 0.29) is 18.9 Å². The molecule has 1 amide bonds. The summed E-state index contributed by atoms with van der Waals surface area (Å²) >= 11 is 0. The Morgan fingerprint density at radius 2 is 2.05 bits per heavy atom. The maximum absolute atomic E-state index is 11.8. The fourth-order valence-electron chi connectivity index (χ4n) is 2.33. The van der Waals surface area contributed by atoms with E-state index in [1.807, 2.05) is 24.3 Å². The second-order valence-corrected chi connectivity index (χ2v) is 5.13. The molecule has 0 saturated carbocycles. The van der Waals surface area contributed by atoms with Crippen LogP contribution in [-0.2, 0) is 9.59 Å². The molecule has 2 rings (SSSR count). The maximum Gasteiger partial charge on any atom is 0.227 e. The van der Waals surface area contributed by atoms with Crippen LogP contribution in [0.2, 0.25) is 0 Å². The Balaban J connectivity index is 2.14. The van der Waals surface area contributed by atoms with E-state index in [2.05, 4.69) is 13.8 Å². The largest absolute Gasteiger partial charge is 0.550 e. The van der Waals surface area contributed by atoms with Gasteiger partial charge in [-0.1, -0.05) is 26.0 Å². The molecule has 0 aromatic heterocycles. The third-order valence-corrected chi connectivity index (χ3v) is 3.84. The topological polar surface area (TPSA) is 60.4 Å². The van der Waals surface area contributed by atoms with Gasteiger partial charge in [0, 0.05) is 30.5 Å². The van der Waals surface area contributed by atoms with Gasteiger partial charge in [-0.3, -0.25) is 4.79 Å². The van der Waals surface area contributed by atoms with Crippen LogP contribution in [0.5, 0.6) is 0 Å². The van der Waals surface area contributed by atoms with Gasteiger partial charge in [-0.05, 0) is 30.0 Å². The molecule has 1 aliphatic heterocycles. The first-order chi connectivity index (χ1) is 9.02. The van der Waals surface area contributed by atoms with Crippen molar-refractivity contribution in [3.8, 4) is 0 Å². The molecule has 19 heavy (non-hydrogen) atoms. The average molecular weight is 260 g/mol. The molecule has 4 heteroatoms. The van der Waals surface area contributed by atoms with Crippen LogP contribution in [0.4, 0.5) is 5.69 Å². The summed E-state index contributed by atoms with van der Waals surface area (Å²) in [7, 11) is 0. The van der Waals surface area contributed by atoms with Crippen molar-refractivity contribution in [2.45, 2.75) is 32.6 Å². The summed E-state index contributed by atoms with van der Waals surface area (Å²) in [6.45, 7) is 4.50. The highest BCUT2D eigenvalue weighted by Crippen LogP contribution is 2.27. The fraction of sp³-hybridized carbons (Fsp3) is 0.467. The Morgan fingerprint density at radius 3 is 2.53 bits per heavy atom. The van der Waals surface area contributed by atoms with Gasteiger partial charge >= 0.3 is 0 Å². The van der Waals surface area contributed by atoms with Crippen molar-refractivity contribution < 1.29 is 14.7 Å². The zero-order valence-electron chi connectivity index (χ0n) is 11.3. The lowest BCUT2D eigenvalue weighted by Gasteiger charge is -2.18. The van der Waals surface area contributed by atoms with E-state index in [1.54, 1.807) is 0 Å². The van der Waals surface area contributed by atoms with E-state index in [0.29, 0.717) is 5.92 Å². The van der Waals surface area contributed by atoms with Crippen LogP contribution in [0.3, 0.4) is 0 Å². The first kappa shape index (κ1) is 13.6. The maximum atomic E-state index is 11.8. The summed E-state index contributed by atoms with van der Waals surface area (Å²) in [5.41, 5.74) is 2.00. The number of benzene rings is 1. The predicted molar refractivity (Wildman–Crippen MR) is 70.6 cm³/mol. The molecule has 1 aliphatic rings. The minimum Gasteiger partial charge on any atom is -0.550 e. The smallest absolute Gasteiger partial charge is 0.227 e. The molecular weight excluding hydrogens is 242 g/mol. The van der Waals surface area contributed by atoms with Crippen LogP contribution in [0.1, 0.15) is 38.2 Å². The molecule has 0 radical (unpaired) electrons. The SMILES string of the molecule is CC[C@@H](C)c1ccc(N2C[C@H](C(=O)[O-])CC2=O)cc1. The molecule has 0 bridgehead atoms. The minimum absolute atomic E-state index is 0.0372. The lowest BCUT2D eigenvalue weighted by atomic mass is 9.98. The quantitative estimate of drug-likeness (QED) is 0.820. The third-order valence-electron chi connectivity index (χ3n) is 3.84. The third kappa shape index (κ3) is 2.78. The number of rotatable bonds is 4. The van der Waals surface area contributed by atoms with Gasteiger partial charge in [-0.25, -0.2) is 0 Å². The second-order valence-electron chi connectivity index (χ2n) is 5.13. The van der Waals surface area contributed by atoms with E-state index >= 15 is 0 Å². The van der Waals surface area contributed by atoms with Gasteiger partial charge in [0.15, 0.2) is 0 Å². The Morgan fingerprint density at radius 1 is 1.42 bits per heavy atom. The highest BCUT2D eigenvalue weighted by molar-refractivity contribution is 5.98. The minimum atomic E-state index is -1.15. The van der Waals surface area contributed by atoms with E-state index in [9.17, 15) is 14.7 Å². The van der Waals surface area contributed by atoms with Crippen molar-refractivity contribution in [3.63, 3.8) is 0 Å². The Bertz CT molecular complexity index is 481. The van der Waals surface area contributed by atoms with Crippen molar-refractivity contribution in [2.24, 2.45) is 5.92 Å². The summed E-state index contributed by atoms with van der Waals surface area (Å²) in [4.78, 5) is 24.1. The number of carboxylic acid groups (broad SMARTS) is 1. The van der Waals surface area contributed by atoms with Crippen molar-refractivity contribution >= 4 is 17.6 Å². The van der Waals surface area contributed by atoms with Crippen LogP contribution >= 0.6 is 0 Å². The number of carbonyl (C=O) groups excluding carboxylic acids is 2. The molecule has 1 fully saturated rings. The molecule has 1 saturated heterocycles. The monoisotopic (exact) mass is 260 g/mol. The summed E-state index contributed by atoms with van der Waals surface area (Å²) in [5, 5.41) is 10.8. The van der Waals surface area contributed by atoms with Gasteiger partial charge in [0.05, 0.1) is 0 Å². The van der Waals surface area contributed by atoms with Gasteiger partial charge in [-0.15, -0.1) is 0 Å². The number of anilines is 1. The highest BCUT2D eigenvalue weighted by Gasteiger charge is 2.31. The molecule has 4 nitrogen and oxygen atoms in total. The van der Waals surface area contributed by atoms with Gasteiger partial charge in [0.25, 0.3) is 0 Å². The summed E-state index contributed by atoms with van der Waals surface area (Å²) in [6.07, 6.45) is 1.10. The van der Waals surface area contributed by atoms with Crippen LogP contribution < -0.4 is 10.0 Å². The van der Waals surface area contributed by atoms with Gasteiger partial charge in [0.2, 0.25) is 5.91 Å². The highest BCUT2D eigenvalue weighted by atomic mass is 16.4. The molecule has 1 aromatic carbocycles. The second kappa shape index (κ2) is 5.43. The molecule has 1 heterocycles. The van der Waals surface area contributed by atoms with Gasteiger partial charge < -0.3 is 14.8 Å². The Hall–Kier alpha value is -1.84. The van der Waals surface area contributed by atoms with Gasteiger partial charge in [-0.2, -0.15) is 0 Å². The van der Waals surface area contributed by atoms with Crippen LogP contribution in [0, 0.1) is 5.92 Å². The standard InChI is InChI=1S/C15H19NO3/c1-3-10(2)11-4-6-13(7-5-11)16-9-12(15(18)19)8-14(16)17/h4-7,10,12H,3,8-9H2,1-2H3,(H,18,19)/p-1/t10-,12-/m1/s1. The van der Waals surface area contributed by atoms with Crippen molar-refractivity contribution in [1.29, 1.82) is 0 Å². The lowest BCUT2D eigenvalue weighted by Crippen LogP contribution is -2.33. The molecule has 0 unspecified atom stereocenters. The van der Waals surface area contributed by atoms with Crippen molar-refractivity contribution in [1.82, 2.24) is 0 Å². The van der Waals surface area contributed by atoms with E-state index in [1.165, 1.54) is 10.5 Å². The zero-order valence-corrected chi connectivity index (χ0v) is 11.3. The fourth-order valence-corrected chi connectivity index (χ4v) is 2.33. The Kier molecular flexibility index (Phi) is 3.88. The number of nitrogens with zero attached hydrogens (tertiary/aromatic N) is 1. The Labute approximate surface area is 113 Å². The number of carbonyl (C=O) groups is 2. The zero-order chi connectivity index (χ0) is 14.0. The molecule has 2 atom stereocenters. The van der Waals surface area contributed by atoms with Crippen molar-refractivity contribution in [3.05, 3.63) is 29.8 Å². The van der Waals surface area contributed by atoms with E-state index in [0.717, 1.165) is 12.1 Å². The average Bonchev–Trinajstić information content (AvgIpc) is 2.80. The molecule has 0 N–H and O–H groups in total.